The van der Waals surface area contributed by atoms with Crippen LogP contribution in [0.5, 0.6) is 0 Å². The summed E-state index contributed by atoms with van der Waals surface area (Å²) < 4.78 is 10.7. The van der Waals surface area contributed by atoms with Crippen LogP contribution < -0.4 is 0 Å². The van der Waals surface area contributed by atoms with E-state index in [-0.39, 0.29) is 11.3 Å². The molecular formula is C20H27NO3. The van der Waals surface area contributed by atoms with Gasteiger partial charge in [0.15, 0.2) is 0 Å². The van der Waals surface area contributed by atoms with Crippen LogP contribution in [0.2, 0.25) is 0 Å². The highest BCUT2D eigenvalue weighted by Gasteiger charge is 2.19. The number of ether oxygens (including phenoxy) is 1. The van der Waals surface area contributed by atoms with Crippen LogP contribution in [-0.4, -0.2) is 31.1 Å². The predicted molar refractivity (Wildman–Crippen MR) is 95.2 cm³/mol. The molecule has 0 atom stereocenters. The molecule has 0 spiro atoms. The van der Waals surface area contributed by atoms with Crippen molar-refractivity contribution in [3.63, 3.8) is 0 Å². The number of methoxy groups -OCH3 is 1. The molecule has 0 bridgehead atoms. The second-order valence-corrected chi connectivity index (χ2v) is 7.06. The Bertz CT molecular complexity index is 665. The second kappa shape index (κ2) is 7.67. The van der Waals surface area contributed by atoms with Gasteiger partial charge < -0.3 is 14.1 Å². The first-order chi connectivity index (χ1) is 11.3. The minimum atomic E-state index is -0.0124. The minimum Gasteiger partial charge on any atom is -0.464 e. The van der Waals surface area contributed by atoms with Crippen molar-refractivity contribution in [1.82, 2.24) is 4.90 Å². The van der Waals surface area contributed by atoms with E-state index in [1.165, 1.54) is 5.56 Å². The van der Waals surface area contributed by atoms with Gasteiger partial charge >= 0.3 is 0 Å². The van der Waals surface area contributed by atoms with Crippen LogP contribution in [0, 0.1) is 6.92 Å². The van der Waals surface area contributed by atoms with Crippen LogP contribution >= 0.6 is 0 Å². The smallest absolute Gasteiger partial charge is 0.254 e. The highest BCUT2D eigenvalue weighted by atomic mass is 16.5. The lowest BCUT2D eigenvalue weighted by atomic mass is 9.86. The van der Waals surface area contributed by atoms with Crippen molar-refractivity contribution in [3.8, 4) is 0 Å². The molecule has 1 aromatic heterocycles. The Morgan fingerprint density at radius 1 is 1.12 bits per heavy atom. The Hall–Kier alpha value is -2.07. The Morgan fingerprint density at radius 3 is 2.29 bits per heavy atom. The van der Waals surface area contributed by atoms with Crippen molar-refractivity contribution in [3.05, 3.63) is 59.0 Å². The Balaban J connectivity index is 2.17. The van der Waals surface area contributed by atoms with Gasteiger partial charge in [0.25, 0.3) is 5.91 Å². The molecule has 4 heteroatoms. The highest BCUT2D eigenvalue weighted by Crippen LogP contribution is 2.23. The molecule has 0 saturated carbocycles. The zero-order valence-corrected chi connectivity index (χ0v) is 15.3. The summed E-state index contributed by atoms with van der Waals surface area (Å²) in [6.45, 7) is 9.84. The van der Waals surface area contributed by atoms with E-state index in [1.807, 2.05) is 43.3 Å². The molecule has 130 valence electrons. The van der Waals surface area contributed by atoms with Gasteiger partial charge in [0.05, 0.1) is 13.2 Å². The molecule has 0 radical (unpaired) electrons. The van der Waals surface area contributed by atoms with Crippen LogP contribution in [-0.2, 0) is 16.7 Å². The molecule has 0 aliphatic heterocycles. The molecule has 0 aliphatic carbocycles. The third-order valence-electron chi connectivity index (χ3n) is 3.99. The van der Waals surface area contributed by atoms with E-state index in [2.05, 4.69) is 20.8 Å². The molecule has 1 aromatic carbocycles. The maximum atomic E-state index is 12.9. The van der Waals surface area contributed by atoms with Crippen molar-refractivity contribution in [1.29, 1.82) is 0 Å². The molecule has 1 heterocycles. The second-order valence-electron chi connectivity index (χ2n) is 7.06. The normalized spacial score (nSPS) is 11.5. The molecule has 0 N–H and O–H groups in total. The monoisotopic (exact) mass is 329 g/mol. The third-order valence-corrected chi connectivity index (χ3v) is 3.99. The molecule has 0 aliphatic rings. The molecule has 0 fully saturated rings. The Labute approximate surface area is 144 Å². The largest absolute Gasteiger partial charge is 0.464 e. The SMILES string of the molecule is COCCN(Cc1ccc(C)o1)C(=O)c1ccc(C(C)(C)C)cc1. The average Bonchev–Trinajstić information content (AvgIpc) is 2.95. The van der Waals surface area contributed by atoms with Crippen molar-refractivity contribution >= 4 is 5.91 Å². The zero-order valence-electron chi connectivity index (χ0n) is 15.3. The number of rotatable bonds is 6. The van der Waals surface area contributed by atoms with Gasteiger partial charge in [0.2, 0.25) is 0 Å². The average molecular weight is 329 g/mol. The number of benzene rings is 1. The molecule has 0 unspecified atom stereocenters. The number of carbonyl (C=O) groups excluding carboxylic acids is 1. The van der Waals surface area contributed by atoms with Crippen LogP contribution in [0.15, 0.2) is 40.8 Å². The fraction of sp³-hybridized carbons (Fsp3) is 0.450. The maximum Gasteiger partial charge on any atom is 0.254 e. The van der Waals surface area contributed by atoms with Gasteiger partial charge in [-0.15, -0.1) is 0 Å². The first-order valence-corrected chi connectivity index (χ1v) is 8.25. The fourth-order valence-electron chi connectivity index (χ4n) is 2.51. The summed E-state index contributed by atoms with van der Waals surface area (Å²) >= 11 is 0. The van der Waals surface area contributed by atoms with E-state index in [0.717, 1.165) is 11.5 Å². The van der Waals surface area contributed by atoms with Gasteiger partial charge in [0.1, 0.15) is 11.5 Å². The van der Waals surface area contributed by atoms with E-state index < -0.39 is 0 Å². The van der Waals surface area contributed by atoms with Crippen molar-refractivity contribution in [2.24, 2.45) is 0 Å². The summed E-state index contributed by atoms with van der Waals surface area (Å²) in [6, 6.07) is 11.7. The van der Waals surface area contributed by atoms with Crippen LogP contribution in [0.3, 0.4) is 0 Å². The van der Waals surface area contributed by atoms with E-state index in [4.69, 9.17) is 9.15 Å². The summed E-state index contributed by atoms with van der Waals surface area (Å²) in [5, 5.41) is 0. The summed E-state index contributed by atoms with van der Waals surface area (Å²) in [6.07, 6.45) is 0. The summed E-state index contributed by atoms with van der Waals surface area (Å²) in [5.74, 6) is 1.61. The molecule has 2 rings (SSSR count). The lowest BCUT2D eigenvalue weighted by Gasteiger charge is -2.23. The van der Waals surface area contributed by atoms with Crippen LogP contribution in [0.1, 0.15) is 48.2 Å². The zero-order chi connectivity index (χ0) is 17.7. The number of amides is 1. The van der Waals surface area contributed by atoms with Gasteiger partial charge in [-0.2, -0.15) is 0 Å². The van der Waals surface area contributed by atoms with E-state index in [0.29, 0.717) is 25.3 Å². The topological polar surface area (TPSA) is 42.7 Å². The summed E-state index contributed by atoms with van der Waals surface area (Å²) in [4.78, 5) is 14.6. The standard InChI is InChI=1S/C20H27NO3/c1-15-6-11-18(24-15)14-21(12-13-23-5)19(22)16-7-9-17(10-8-16)20(2,3)4/h6-11H,12-14H2,1-5H3. The van der Waals surface area contributed by atoms with Crippen molar-refractivity contribution < 1.29 is 13.9 Å². The van der Waals surface area contributed by atoms with Crippen molar-refractivity contribution in [2.45, 2.75) is 39.7 Å². The van der Waals surface area contributed by atoms with Gasteiger partial charge in [-0.05, 0) is 42.2 Å². The number of hydrogen-bond acceptors (Lipinski definition) is 3. The van der Waals surface area contributed by atoms with Crippen molar-refractivity contribution in [2.75, 3.05) is 20.3 Å². The van der Waals surface area contributed by atoms with E-state index in [1.54, 1.807) is 12.0 Å². The minimum absolute atomic E-state index is 0.0124. The Kier molecular flexibility index (Phi) is 5.84. The number of hydrogen-bond donors (Lipinski definition) is 0. The van der Waals surface area contributed by atoms with E-state index >= 15 is 0 Å². The molecule has 2 aromatic rings. The lowest BCUT2D eigenvalue weighted by molar-refractivity contribution is 0.0666. The number of nitrogens with zero attached hydrogens (tertiary/aromatic N) is 1. The lowest BCUT2D eigenvalue weighted by Crippen LogP contribution is -2.33. The number of aryl methyl sites for hydroxylation is 1. The predicted octanol–water partition coefficient (Wildman–Crippen LogP) is 4.17. The maximum absolute atomic E-state index is 12.9. The van der Waals surface area contributed by atoms with Crippen LogP contribution in [0.4, 0.5) is 0 Å². The molecular weight excluding hydrogens is 302 g/mol. The van der Waals surface area contributed by atoms with Gasteiger partial charge in [-0.3, -0.25) is 4.79 Å². The summed E-state index contributed by atoms with van der Waals surface area (Å²) in [5.41, 5.74) is 1.97. The van der Waals surface area contributed by atoms with E-state index in [9.17, 15) is 4.79 Å². The molecule has 4 nitrogen and oxygen atoms in total. The first-order valence-electron chi connectivity index (χ1n) is 8.25. The van der Waals surface area contributed by atoms with Gasteiger partial charge in [0, 0.05) is 19.2 Å². The quantitative estimate of drug-likeness (QED) is 0.798. The highest BCUT2D eigenvalue weighted by molar-refractivity contribution is 5.94. The fourth-order valence-corrected chi connectivity index (χ4v) is 2.51. The van der Waals surface area contributed by atoms with Crippen LogP contribution in [0.25, 0.3) is 0 Å². The molecule has 0 saturated heterocycles. The van der Waals surface area contributed by atoms with Gasteiger partial charge in [-0.1, -0.05) is 32.9 Å². The number of carbonyl (C=O) groups is 1. The summed E-state index contributed by atoms with van der Waals surface area (Å²) in [7, 11) is 1.64. The third kappa shape index (κ3) is 4.71. The Morgan fingerprint density at radius 2 is 1.79 bits per heavy atom. The van der Waals surface area contributed by atoms with Gasteiger partial charge in [-0.25, -0.2) is 0 Å². The molecule has 24 heavy (non-hydrogen) atoms. The number of furan rings is 1. The first kappa shape index (κ1) is 18.3. The molecule has 1 amide bonds.